The molecule has 1 aliphatic heterocycles. The van der Waals surface area contributed by atoms with Crippen molar-refractivity contribution in [3.05, 3.63) is 47.6 Å². The van der Waals surface area contributed by atoms with Crippen LogP contribution in [0.25, 0.3) is 10.9 Å². The Balaban J connectivity index is 1.39. The van der Waals surface area contributed by atoms with Gasteiger partial charge >= 0.3 is 0 Å². The lowest BCUT2D eigenvalue weighted by molar-refractivity contribution is -0.120. The van der Waals surface area contributed by atoms with E-state index in [9.17, 15) is 4.79 Å². The minimum Gasteiger partial charge on any atom is -0.481 e. The largest absolute Gasteiger partial charge is 0.481 e. The van der Waals surface area contributed by atoms with E-state index in [4.69, 9.17) is 16.3 Å². The molecule has 0 spiro atoms. The van der Waals surface area contributed by atoms with Gasteiger partial charge in [0.1, 0.15) is 5.82 Å². The standard InChI is InChI=1S/C20H20ClN5O2/c1-28-17-7-10-22-20(25-17)26-11-8-14(9-12-26)19(27)24-16-6-5-13-3-2-4-15(21)18(13)23-16/h2-7,10,14H,8-9,11-12H2,1H3,(H,23,24,27). The summed E-state index contributed by atoms with van der Waals surface area (Å²) in [5.74, 6) is 1.58. The lowest BCUT2D eigenvalue weighted by Crippen LogP contribution is -2.39. The molecule has 1 amide bonds. The van der Waals surface area contributed by atoms with Crippen LogP contribution in [0.3, 0.4) is 0 Å². The number of para-hydroxylation sites is 1. The maximum Gasteiger partial charge on any atom is 0.228 e. The number of rotatable bonds is 4. The number of pyridine rings is 1. The molecule has 7 nitrogen and oxygen atoms in total. The monoisotopic (exact) mass is 397 g/mol. The number of hydrogen-bond acceptors (Lipinski definition) is 6. The maximum atomic E-state index is 12.7. The molecule has 1 aromatic carbocycles. The lowest BCUT2D eigenvalue weighted by Gasteiger charge is -2.31. The smallest absolute Gasteiger partial charge is 0.228 e. The highest BCUT2D eigenvalue weighted by molar-refractivity contribution is 6.35. The molecule has 28 heavy (non-hydrogen) atoms. The fourth-order valence-electron chi connectivity index (χ4n) is 3.35. The van der Waals surface area contributed by atoms with Gasteiger partial charge in [0.2, 0.25) is 17.7 Å². The van der Waals surface area contributed by atoms with E-state index < -0.39 is 0 Å². The minimum absolute atomic E-state index is 0.0230. The van der Waals surface area contributed by atoms with E-state index in [-0.39, 0.29) is 11.8 Å². The summed E-state index contributed by atoms with van der Waals surface area (Å²) in [6, 6.07) is 11.0. The molecule has 1 fully saturated rings. The van der Waals surface area contributed by atoms with Crippen LogP contribution in [0, 0.1) is 5.92 Å². The van der Waals surface area contributed by atoms with Crippen molar-refractivity contribution in [2.24, 2.45) is 5.92 Å². The first-order chi connectivity index (χ1) is 13.6. The quantitative estimate of drug-likeness (QED) is 0.725. The number of aromatic nitrogens is 3. The van der Waals surface area contributed by atoms with Gasteiger partial charge in [-0.25, -0.2) is 9.97 Å². The number of carbonyl (C=O) groups excluding carboxylic acids is 1. The number of nitrogens with zero attached hydrogens (tertiary/aromatic N) is 4. The predicted molar refractivity (Wildman–Crippen MR) is 109 cm³/mol. The zero-order valence-electron chi connectivity index (χ0n) is 15.4. The van der Waals surface area contributed by atoms with Crippen molar-refractivity contribution in [1.82, 2.24) is 15.0 Å². The zero-order valence-corrected chi connectivity index (χ0v) is 16.2. The van der Waals surface area contributed by atoms with Crippen LogP contribution in [0.4, 0.5) is 11.8 Å². The summed E-state index contributed by atoms with van der Waals surface area (Å²) in [6.07, 6.45) is 3.12. The molecule has 0 radical (unpaired) electrons. The number of methoxy groups -OCH3 is 1. The fourth-order valence-corrected chi connectivity index (χ4v) is 3.57. The fraction of sp³-hybridized carbons (Fsp3) is 0.300. The van der Waals surface area contributed by atoms with Crippen LogP contribution in [0.5, 0.6) is 5.88 Å². The van der Waals surface area contributed by atoms with E-state index in [0.29, 0.717) is 41.3 Å². The summed E-state index contributed by atoms with van der Waals surface area (Å²) in [5, 5.41) is 4.44. The van der Waals surface area contributed by atoms with Crippen LogP contribution in [0.15, 0.2) is 42.6 Å². The van der Waals surface area contributed by atoms with Crippen LogP contribution in [0.2, 0.25) is 5.02 Å². The number of ether oxygens (including phenoxy) is 1. The van der Waals surface area contributed by atoms with E-state index in [1.165, 1.54) is 0 Å². The van der Waals surface area contributed by atoms with E-state index >= 15 is 0 Å². The molecule has 1 aliphatic rings. The van der Waals surface area contributed by atoms with Gasteiger partial charge in [0.25, 0.3) is 0 Å². The molecule has 3 aromatic rings. The van der Waals surface area contributed by atoms with Crippen LogP contribution >= 0.6 is 11.6 Å². The van der Waals surface area contributed by atoms with Crippen molar-refractivity contribution in [3.63, 3.8) is 0 Å². The summed E-state index contributed by atoms with van der Waals surface area (Å²) in [5.41, 5.74) is 0.687. The lowest BCUT2D eigenvalue weighted by atomic mass is 9.96. The van der Waals surface area contributed by atoms with Gasteiger partial charge in [-0.05, 0) is 31.0 Å². The number of nitrogens with one attached hydrogen (secondary N) is 1. The molecular weight excluding hydrogens is 378 g/mol. The Morgan fingerprint density at radius 1 is 1.18 bits per heavy atom. The highest BCUT2D eigenvalue weighted by Gasteiger charge is 2.26. The third-order valence-electron chi connectivity index (χ3n) is 4.90. The van der Waals surface area contributed by atoms with Crippen LogP contribution in [-0.2, 0) is 4.79 Å². The van der Waals surface area contributed by atoms with Crippen molar-refractivity contribution in [3.8, 4) is 5.88 Å². The molecule has 0 atom stereocenters. The van der Waals surface area contributed by atoms with E-state index in [2.05, 4.69) is 25.2 Å². The number of fused-ring (bicyclic) bond motifs is 1. The normalized spacial score (nSPS) is 14.9. The van der Waals surface area contributed by atoms with Crippen molar-refractivity contribution in [2.75, 3.05) is 30.4 Å². The molecule has 144 valence electrons. The molecule has 1 saturated heterocycles. The van der Waals surface area contributed by atoms with Crippen LogP contribution < -0.4 is 15.0 Å². The maximum absolute atomic E-state index is 12.7. The van der Waals surface area contributed by atoms with Crippen LogP contribution in [0.1, 0.15) is 12.8 Å². The minimum atomic E-state index is -0.0781. The van der Waals surface area contributed by atoms with Crippen molar-refractivity contribution >= 4 is 40.2 Å². The topological polar surface area (TPSA) is 80.2 Å². The summed E-state index contributed by atoms with van der Waals surface area (Å²) < 4.78 is 5.15. The van der Waals surface area contributed by atoms with Gasteiger partial charge in [0.15, 0.2) is 0 Å². The van der Waals surface area contributed by atoms with Gasteiger partial charge in [-0.2, -0.15) is 4.98 Å². The summed E-state index contributed by atoms with van der Waals surface area (Å²) in [4.78, 5) is 27.9. The summed E-state index contributed by atoms with van der Waals surface area (Å²) in [6.45, 7) is 1.42. The molecule has 0 bridgehead atoms. The third kappa shape index (κ3) is 3.84. The highest BCUT2D eigenvalue weighted by Crippen LogP contribution is 2.25. The SMILES string of the molecule is COc1ccnc(N2CCC(C(=O)Nc3ccc4cccc(Cl)c4n3)CC2)n1. The molecule has 1 N–H and O–H groups in total. The molecular formula is C20H20ClN5O2. The van der Waals surface area contributed by atoms with Gasteiger partial charge in [0.05, 0.1) is 17.6 Å². The average molecular weight is 398 g/mol. The first-order valence-electron chi connectivity index (χ1n) is 9.12. The molecule has 4 rings (SSSR count). The Labute approximate surface area is 167 Å². The summed E-state index contributed by atoms with van der Waals surface area (Å²) in [7, 11) is 1.58. The van der Waals surface area contributed by atoms with Gasteiger partial charge < -0.3 is 15.0 Å². The average Bonchev–Trinajstić information content (AvgIpc) is 2.74. The first kappa shape index (κ1) is 18.4. The Kier molecular flexibility index (Phi) is 5.25. The van der Waals surface area contributed by atoms with Crippen molar-refractivity contribution in [2.45, 2.75) is 12.8 Å². The predicted octanol–water partition coefficient (Wildman–Crippen LogP) is 3.54. The van der Waals surface area contributed by atoms with Gasteiger partial charge in [0, 0.05) is 36.7 Å². The Morgan fingerprint density at radius 2 is 2.00 bits per heavy atom. The number of halogens is 1. The number of benzene rings is 1. The molecule has 8 heteroatoms. The molecule has 0 aliphatic carbocycles. The second kappa shape index (κ2) is 7.98. The molecule has 2 aromatic heterocycles. The second-order valence-corrected chi connectivity index (χ2v) is 7.06. The zero-order chi connectivity index (χ0) is 19.5. The van der Waals surface area contributed by atoms with Crippen molar-refractivity contribution in [1.29, 1.82) is 0 Å². The summed E-state index contributed by atoms with van der Waals surface area (Å²) >= 11 is 6.21. The third-order valence-corrected chi connectivity index (χ3v) is 5.20. The van der Waals surface area contributed by atoms with E-state index in [0.717, 1.165) is 18.2 Å². The Morgan fingerprint density at radius 3 is 2.79 bits per heavy atom. The van der Waals surface area contributed by atoms with Gasteiger partial charge in [-0.15, -0.1) is 0 Å². The van der Waals surface area contributed by atoms with E-state index in [1.54, 1.807) is 31.5 Å². The number of amides is 1. The van der Waals surface area contributed by atoms with Gasteiger partial charge in [-0.1, -0.05) is 23.7 Å². The number of anilines is 2. The number of piperidine rings is 1. The molecule has 0 unspecified atom stereocenters. The van der Waals surface area contributed by atoms with Crippen molar-refractivity contribution < 1.29 is 9.53 Å². The van der Waals surface area contributed by atoms with Gasteiger partial charge in [-0.3, -0.25) is 4.79 Å². The molecule has 3 heterocycles. The van der Waals surface area contributed by atoms with Crippen LogP contribution in [-0.4, -0.2) is 41.1 Å². The Bertz CT molecular complexity index is 1000. The highest BCUT2D eigenvalue weighted by atomic mass is 35.5. The number of hydrogen-bond donors (Lipinski definition) is 1. The molecule has 0 saturated carbocycles. The van der Waals surface area contributed by atoms with E-state index in [1.807, 2.05) is 18.2 Å². The number of carbonyl (C=O) groups is 1. The Hall–Kier alpha value is -2.93. The first-order valence-corrected chi connectivity index (χ1v) is 9.50. The second-order valence-electron chi connectivity index (χ2n) is 6.66.